The number of aryl methyl sites for hydroxylation is 1. The second kappa shape index (κ2) is 6.68. The fourth-order valence-electron chi connectivity index (χ4n) is 2.69. The Morgan fingerprint density at radius 3 is 2.48 bits per heavy atom. The third kappa shape index (κ3) is 3.71. The van der Waals surface area contributed by atoms with Crippen LogP contribution in [0.3, 0.4) is 0 Å². The summed E-state index contributed by atoms with van der Waals surface area (Å²) in [5.74, 6) is -0.218. The van der Waals surface area contributed by atoms with Crippen molar-refractivity contribution >= 4 is 26.6 Å². The average Bonchev–Trinajstić information content (AvgIpc) is 2.92. The van der Waals surface area contributed by atoms with E-state index in [0.29, 0.717) is 23.6 Å². The van der Waals surface area contributed by atoms with Gasteiger partial charge >= 0.3 is 0 Å². The highest BCUT2D eigenvalue weighted by Crippen LogP contribution is 2.17. The zero-order chi connectivity index (χ0) is 18.0. The predicted molar refractivity (Wildman–Crippen MR) is 96.3 cm³/mol. The Labute approximate surface area is 146 Å². The second-order valence-electron chi connectivity index (χ2n) is 5.91. The van der Waals surface area contributed by atoms with Crippen LogP contribution in [0.25, 0.3) is 10.9 Å². The molecule has 0 radical (unpaired) electrons. The van der Waals surface area contributed by atoms with Crippen LogP contribution in [0.2, 0.25) is 0 Å². The minimum absolute atomic E-state index is 0.218. The van der Waals surface area contributed by atoms with Crippen molar-refractivity contribution in [2.75, 3.05) is 12.8 Å². The first-order valence-electron chi connectivity index (χ1n) is 7.85. The van der Waals surface area contributed by atoms with E-state index in [4.69, 9.17) is 0 Å². The second-order valence-corrected chi connectivity index (χ2v) is 7.93. The summed E-state index contributed by atoms with van der Waals surface area (Å²) in [5, 5.41) is 7.98. The van der Waals surface area contributed by atoms with Gasteiger partial charge in [0.15, 0.2) is 15.5 Å². The van der Waals surface area contributed by atoms with E-state index >= 15 is 0 Å². The molecule has 0 spiro atoms. The molecule has 0 bridgehead atoms. The summed E-state index contributed by atoms with van der Waals surface area (Å²) in [4.78, 5) is 12.7. The van der Waals surface area contributed by atoms with E-state index in [1.165, 1.54) is 6.26 Å². The lowest BCUT2D eigenvalue weighted by atomic mass is 10.1. The summed E-state index contributed by atoms with van der Waals surface area (Å²) < 4.78 is 24.6. The van der Waals surface area contributed by atoms with Crippen molar-refractivity contribution in [3.8, 4) is 0 Å². The Bertz CT molecular complexity index is 1020. The minimum Gasteiger partial charge on any atom is -0.350 e. The number of sulfone groups is 1. The molecule has 3 aromatic rings. The molecule has 25 heavy (non-hydrogen) atoms. The van der Waals surface area contributed by atoms with Gasteiger partial charge in [-0.1, -0.05) is 30.3 Å². The van der Waals surface area contributed by atoms with Crippen LogP contribution in [-0.4, -0.2) is 36.9 Å². The van der Waals surface area contributed by atoms with Crippen LogP contribution in [-0.2, 0) is 23.3 Å². The molecule has 1 aromatic heterocycles. The number of benzene rings is 2. The molecular weight excluding hydrogens is 338 g/mol. The zero-order valence-electron chi connectivity index (χ0n) is 14.1. The van der Waals surface area contributed by atoms with Gasteiger partial charge in [0, 0.05) is 25.2 Å². The van der Waals surface area contributed by atoms with E-state index in [0.717, 1.165) is 16.5 Å². The highest BCUT2D eigenvalue weighted by molar-refractivity contribution is 7.90. The number of carbonyl (C=O) groups is 1. The van der Waals surface area contributed by atoms with Gasteiger partial charge in [-0.3, -0.25) is 9.48 Å². The molecule has 0 aliphatic rings. The molecule has 2 aromatic carbocycles. The third-order valence-electron chi connectivity index (χ3n) is 4.02. The number of aromatic nitrogens is 2. The van der Waals surface area contributed by atoms with E-state index < -0.39 is 9.84 Å². The molecule has 0 fully saturated rings. The summed E-state index contributed by atoms with van der Waals surface area (Å²) in [6, 6.07) is 14.3. The number of nitrogens with zero attached hydrogens (tertiary/aromatic N) is 2. The molecule has 1 heterocycles. The van der Waals surface area contributed by atoms with Gasteiger partial charge < -0.3 is 5.32 Å². The summed E-state index contributed by atoms with van der Waals surface area (Å²) in [6.07, 6.45) is 1.79. The first kappa shape index (κ1) is 17.2. The predicted octanol–water partition coefficient (Wildman–Crippen LogP) is 1.95. The van der Waals surface area contributed by atoms with Crippen LogP contribution in [0.4, 0.5) is 0 Å². The van der Waals surface area contributed by atoms with Gasteiger partial charge in [0.1, 0.15) is 0 Å². The molecule has 7 heteroatoms. The lowest BCUT2D eigenvalue weighted by molar-refractivity contribution is 0.0950. The van der Waals surface area contributed by atoms with Crippen molar-refractivity contribution in [3.05, 3.63) is 59.8 Å². The molecule has 0 aliphatic heterocycles. The molecule has 1 amide bonds. The third-order valence-corrected chi connectivity index (χ3v) is 5.15. The van der Waals surface area contributed by atoms with Crippen molar-refractivity contribution in [2.45, 2.75) is 11.3 Å². The number of fused-ring (bicyclic) bond motifs is 1. The first-order valence-corrected chi connectivity index (χ1v) is 9.74. The smallest absolute Gasteiger partial charge is 0.272 e. The van der Waals surface area contributed by atoms with Crippen molar-refractivity contribution in [1.29, 1.82) is 0 Å². The monoisotopic (exact) mass is 357 g/mol. The van der Waals surface area contributed by atoms with Crippen LogP contribution in [0.1, 0.15) is 16.1 Å². The topological polar surface area (TPSA) is 81.1 Å². The number of nitrogens with one attached hydrogen (secondary N) is 1. The number of hydrogen-bond donors (Lipinski definition) is 1. The van der Waals surface area contributed by atoms with E-state index in [9.17, 15) is 13.2 Å². The maximum absolute atomic E-state index is 12.4. The standard InChI is InChI=1S/C18H19N3O3S/c1-21-16-6-4-3-5-15(16)17(20-21)18(22)19-12-11-13-7-9-14(10-8-13)25(2,23)24/h3-10H,11-12H2,1-2H3,(H,19,22). The molecule has 6 nitrogen and oxygen atoms in total. The van der Waals surface area contributed by atoms with Gasteiger partial charge in [-0.25, -0.2) is 8.42 Å². The summed E-state index contributed by atoms with van der Waals surface area (Å²) in [5.41, 5.74) is 2.27. The number of amides is 1. The highest BCUT2D eigenvalue weighted by atomic mass is 32.2. The average molecular weight is 357 g/mol. The van der Waals surface area contributed by atoms with Crippen LogP contribution in [0.5, 0.6) is 0 Å². The van der Waals surface area contributed by atoms with Crippen LogP contribution in [0.15, 0.2) is 53.4 Å². The van der Waals surface area contributed by atoms with Crippen LogP contribution < -0.4 is 5.32 Å². The molecular formula is C18H19N3O3S. The van der Waals surface area contributed by atoms with Gasteiger partial charge in [-0.15, -0.1) is 0 Å². The summed E-state index contributed by atoms with van der Waals surface area (Å²) >= 11 is 0. The summed E-state index contributed by atoms with van der Waals surface area (Å²) in [6.45, 7) is 0.446. The minimum atomic E-state index is -3.19. The normalized spacial score (nSPS) is 11.6. The van der Waals surface area contributed by atoms with Gasteiger partial charge in [0.05, 0.1) is 10.4 Å². The van der Waals surface area contributed by atoms with Gasteiger partial charge in [0.25, 0.3) is 5.91 Å². The molecule has 0 aliphatic carbocycles. The zero-order valence-corrected chi connectivity index (χ0v) is 14.9. The Hall–Kier alpha value is -2.67. The number of hydrogen-bond acceptors (Lipinski definition) is 4. The Balaban J connectivity index is 1.64. The number of carbonyl (C=O) groups excluding carboxylic acids is 1. The molecule has 0 saturated carbocycles. The maximum atomic E-state index is 12.4. The Morgan fingerprint density at radius 2 is 1.80 bits per heavy atom. The van der Waals surface area contributed by atoms with Gasteiger partial charge in [-0.2, -0.15) is 5.10 Å². The number of para-hydroxylation sites is 1. The Kier molecular flexibility index (Phi) is 4.59. The number of rotatable bonds is 5. The van der Waals surface area contributed by atoms with E-state index in [1.807, 2.05) is 31.3 Å². The van der Waals surface area contributed by atoms with Crippen molar-refractivity contribution in [1.82, 2.24) is 15.1 Å². The molecule has 0 unspecified atom stereocenters. The summed E-state index contributed by atoms with van der Waals surface area (Å²) in [7, 11) is -1.38. The molecule has 0 saturated heterocycles. The van der Waals surface area contributed by atoms with Crippen LogP contribution in [0, 0.1) is 0 Å². The first-order chi connectivity index (χ1) is 11.9. The van der Waals surface area contributed by atoms with E-state index in [-0.39, 0.29) is 5.91 Å². The Morgan fingerprint density at radius 1 is 1.12 bits per heavy atom. The molecule has 3 rings (SSSR count). The quantitative estimate of drug-likeness (QED) is 0.757. The molecule has 0 atom stereocenters. The SMILES string of the molecule is Cn1nc(C(=O)NCCc2ccc(S(C)(=O)=O)cc2)c2ccccc21. The lowest BCUT2D eigenvalue weighted by Gasteiger charge is -2.05. The fourth-order valence-corrected chi connectivity index (χ4v) is 3.32. The molecule has 130 valence electrons. The van der Waals surface area contributed by atoms with Crippen LogP contribution >= 0.6 is 0 Å². The fraction of sp³-hybridized carbons (Fsp3) is 0.222. The lowest BCUT2D eigenvalue weighted by Crippen LogP contribution is -2.26. The van der Waals surface area contributed by atoms with E-state index in [1.54, 1.807) is 28.9 Å². The van der Waals surface area contributed by atoms with Crippen molar-refractivity contribution in [3.63, 3.8) is 0 Å². The largest absolute Gasteiger partial charge is 0.350 e. The van der Waals surface area contributed by atoms with Gasteiger partial charge in [0.2, 0.25) is 0 Å². The highest BCUT2D eigenvalue weighted by Gasteiger charge is 2.15. The van der Waals surface area contributed by atoms with Crippen molar-refractivity contribution < 1.29 is 13.2 Å². The van der Waals surface area contributed by atoms with Gasteiger partial charge in [-0.05, 0) is 30.2 Å². The molecule has 1 N–H and O–H groups in total. The van der Waals surface area contributed by atoms with E-state index in [2.05, 4.69) is 10.4 Å². The maximum Gasteiger partial charge on any atom is 0.272 e. The van der Waals surface area contributed by atoms with Crippen molar-refractivity contribution in [2.24, 2.45) is 7.05 Å².